The number of carboxylic acids is 1. The van der Waals surface area contributed by atoms with E-state index in [9.17, 15) is 14.7 Å². The number of nitrogens with one attached hydrogen (secondary N) is 1. The Labute approximate surface area is 173 Å². The summed E-state index contributed by atoms with van der Waals surface area (Å²) in [4.78, 5) is 26.6. The van der Waals surface area contributed by atoms with Crippen LogP contribution in [0.4, 0.5) is 10.1 Å². The molecule has 6 nitrogen and oxygen atoms in total. The van der Waals surface area contributed by atoms with Crippen molar-refractivity contribution in [2.75, 3.05) is 30.3 Å². The predicted molar refractivity (Wildman–Crippen MR) is 114 cm³/mol. The zero-order chi connectivity index (χ0) is 20.9. The van der Waals surface area contributed by atoms with E-state index in [0.29, 0.717) is 33.9 Å². The largest absolute Gasteiger partial charge is 0.477 e. The maximum absolute atomic E-state index is 15.0. The Morgan fingerprint density at radius 2 is 2.17 bits per heavy atom. The maximum Gasteiger partial charge on any atom is 0.342 e. The van der Waals surface area contributed by atoms with E-state index in [1.165, 1.54) is 17.8 Å². The van der Waals surface area contributed by atoms with E-state index in [-0.39, 0.29) is 17.0 Å². The summed E-state index contributed by atoms with van der Waals surface area (Å²) in [5, 5.41) is 13.6. The van der Waals surface area contributed by atoms with E-state index in [2.05, 4.69) is 19.2 Å². The van der Waals surface area contributed by atoms with Gasteiger partial charge in [0.05, 0.1) is 16.2 Å². The van der Waals surface area contributed by atoms with Gasteiger partial charge in [-0.2, -0.15) is 0 Å². The number of carbonyl (C=O) groups is 1. The number of aromatic nitrogens is 1. The van der Waals surface area contributed by atoms with E-state index < -0.39 is 17.2 Å². The highest BCUT2D eigenvalue weighted by atomic mass is 32.2. The Morgan fingerprint density at radius 1 is 1.41 bits per heavy atom. The molecule has 0 radical (unpaired) electrons. The molecule has 4 rings (SSSR count). The number of anilines is 1. The van der Waals surface area contributed by atoms with Crippen LogP contribution < -0.4 is 15.6 Å². The number of pyridine rings is 1. The predicted octanol–water partition coefficient (Wildman–Crippen LogP) is 3.33. The fourth-order valence-electron chi connectivity index (χ4n) is 4.30. The fourth-order valence-corrected chi connectivity index (χ4v) is 5.59. The lowest BCUT2D eigenvalue weighted by molar-refractivity contribution is 0.0690. The summed E-state index contributed by atoms with van der Waals surface area (Å²) < 4.78 is 16.9. The highest BCUT2D eigenvalue weighted by molar-refractivity contribution is 7.99. The van der Waals surface area contributed by atoms with Gasteiger partial charge in [0.2, 0.25) is 5.43 Å². The summed E-state index contributed by atoms with van der Waals surface area (Å²) in [6.07, 6.45) is 0.986. The number of rotatable bonds is 5. The topological polar surface area (TPSA) is 74.6 Å². The van der Waals surface area contributed by atoms with Crippen LogP contribution in [0.2, 0.25) is 0 Å². The molecule has 2 N–H and O–H groups in total. The van der Waals surface area contributed by atoms with Crippen LogP contribution in [0.15, 0.2) is 22.0 Å². The molecule has 0 aliphatic carbocycles. The molecule has 0 amide bonds. The van der Waals surface area contributed by atoms with Gasteiger partial charge in [-0.25, -0.2) is 9.18 Å². The lowest BCUT2D eigenvalue weighted by Gasteiger charge is -2.22. The fraction of sp³-hybridized carbons (Fsp3) is 0.524. The van der Waals surface area contributed by atoms with Crippen molar-refractivity contribution in [2.24, 2.45) is 5.92 Å². The van der Waals surface area contributed by atoms with E-state index in [1.54, 1.807) is 6.07 Å². The number of nitrogens with zero attached hydrogens (tertiary/aromatic N) is 2. The molecule has 0 saturated carbocycles. The van der Waals surface area contributed by atoms with Crippen molar-refractivity contribution in [3.8, 4) is 0 Å². The molecule has 3 heterocycles. The molecule has 156 valence electrons. The van der Waals surface area contributed by atoms with Gasteiger partial charge in [-0.3, -0.25) is 4.79 Å². The SMILES string of the molecule is CC(C)NCC1CCN(c2cc3c(cc2F)c(=O)c(C(=O)O)c2n3C(C)CS2)C1. The third-order valence-electron chi connectivity index (χ3n) is 5.79. The highest BCUT2D eigenvalue weighted by Crippen LogP contribution is 2.39. The van der Waals surface area contributed by atoms with E-state index in [1.807, 2.05) is 16.4 Å². The molecule has 0 spiro atoms. The first-order valence-electron chi connectivity index (χ1n) is 10.0. The van der Waals surface area contributed by atoms with Gasteiger partial charge < -0.3 is 19.9 Å². The van der Waals surface area contributed by atoms with Crippen LogP contribution in [-0.4, -0.2) is 47.1 Å². The molecule has 1 aromatic carbocycles. The van der Waals surface area contributed by atoms with E-state index in [0.717, 1.165) is 26.1 Å². The smallest absolute Gasteiger partial charge is 0.342 e. The maximum atomic E-state index is 15.0. The quantitative estimate of drug-likeness (QED) is 0.774. The third-order valence-corrected chi connectivity index (χ3v) is 7.11. The second kappa shape index (κ2) is 7.65. The molecule has 0 bridgehead atoms. The van der Waals surface area contributed by atoms with Crippen molar-refractivity contribution in [1.29, 1.82) is 0 Å². The van der Waals surface area contributed by atoms with Crippen molar-refractivity contribution in [3.05, 3.63) is 33.7 Å². The number of fused-ring (bicyclic) bond motifs is 3. The molecular formula is C21H26FN3O3S. The summed E-state index contributed by atoms with van der Waals surface area (Å²) in [7, 11) is 0. The Morgan fingerprint density at radius 3 is 2.86 bits per heavy atom. The monoisotopic (exact) mass is 419 g/mol. The lowest BCUT2D eigenvalue weighted by Crippen LogP contribution is -2.31. The summed E-state index contributed by atoms with van der Waals surface area (Å²) in [6.45, 7) is 8.63. The lowest BCUT2D eigenvalue weighted by atomic mass is 10.1. The Bertz CT molecular complexity index is 1040. The van der Waals surface area contributed by atoms with Crippen LogP contribution in [-0.2, 0) is 0 Å². The van der Waals surface area contributed by atoms with Crippen LogP contribution in [0.5, 0.6) is 0 Å². The summed E-state index contributed by atoms with van der Waals surface area (Å²) >= 11 is 1.38. The minimum atomic E-state index is -1.26. The first-order valence-corrected chi connectivity index (χ1v) is 11.0. The molecule has 1 aromatic heterocycles. The zero-order valence-corrected chi connectivity index (χ0v) is 17.7. The van der Waals surface area contributed by atoms with Crippen molar-refractivity contribution >= 4 is 34.3 Å². The Balaban J connectivity index is 1.78. The van der Waals surface area contributed by atoms with Crippen LogP contribution in [0.1, 0.15) is 43.6 Å². The second-order valence-electron chi connectivity index (χ2n) is 8.33. The summed E-state index contributed by atoms with van der Waals surface area (Å²) in [5.41, 5.74) is 0.254. The van der Waals surface area contributed by atoms with Crippen molar-refractivity contribution in [3.63, 3.8) is 0 Å². The number of halogens is 1. The van der Waals surface area contributed by atoms with Gasteiger partial charge in [-0.1, -0.05) is 13.8 Å². The average molecular weight is 420 g/mol. The summed E-state index contributed by atoms with van der Waals surface area (Å²) in [5.74, 6) is -0.586. The Kier molecular flexibility index (Phi) is 5.33. The molecular weight excluding hydrogens is 393 g/mol. The molecule has 2 unspecified atom stereocenters. The molecule has 2 aliphatic heterocycles. The third kappa shape index (κ3) is 3.53. The normalized spacial score (nSPS) is 21.3. The average Bonchev–Trinajstić information content (AvgIpc) is 3.27. The van der Waals surface area contributed by atoms with E-state index >= 15 is 4.39 Å². The molecule has 29 heavy (non-hydrogen) atoms. The van der Waals surface area contributed by atoms with Crippen molar-refractivity contribution < 1.29 is 14.3 Å². The number of benzene rings is 1. The standard InChI is InChI=1S/C21H26FN3O3S/c1-11(2)23-8-13-4-5-24(9-13)17-7-16-14(6-15(17)22)19(26)18(21(27)28)20-25(16)12(3)10-29-20/h6-7,11-13,23H,4-5,8-10H2,1-3H3,(H,27,28). The Hall–Kier alpha value is -2.06. The van der Waals surface area contributed by atoms with Gasteiger partial charge >= 0.3 is 5.97 Å². The van der Waals surface area contributed by atoms with Gasteiger partial charge in [0.15, 0.2) is 0 Å². The molecule has 8 heteroatoms. The van der Waals surface area contributed by atoms with Crippen molar-refractivity contribution in [1.82, 2.24) is 9.88 Å². The van der Waals surface area contributed by atoms with Gasteiger partial charge in [-0.05, 0) is 37.9 Å². The number of hydrogen-bond donors (Lipinski definition) is 2. The number of carboxylic acid groups (broad SMARTS) is 1. The molecule has 2 aliphatic rings. The minimum absolute atomic E-state index is 0.0380. The summed E-state index contributed by atoms with van der Waals surface area (Å²) in [6, 6.07) is 3.42. The number of aromatic carboxylic acids is 1. The van der Waals surface area contributed by atoms with Gasteiger partial charge in [0.25, 0.3) is 0 Å². The van der Waals surface area contributed by atoms with Gasteiger partial charge in [0, 0.05) is 36.3 Å². The van der Waals surface area contributed by atoms with Crippen LogP contribution >= 0.6 is 11.8 Å². The van der Waals surface area contributed by atoms with Gasteiger partial charge in [0.1, 0.15) is 11.4 Å². The van der Waals surface area contributed by atoms with Gasteiger partial charge in [-0.15, -0.1) is 11.8 Å². The van der Waals surface area contributed by atoms with E-state index in [4.69, 9.17) is 0 Å². The number of thioether (sulfide) groups is 1. The highest BCUT2D eigenvalue weighted by Gasteiger charge is 2.31. The zero-order valence-electron chi connectivity index (χ0n) is 16.9. The molecule has 1 saturated heterocycles. The van der Waals surface area contributed by atoms with Crippen LogP contribution in [0.25, 0.3) is 10.9 Å². The van der Waals surface area contributed by atoms with Crippen molar-refractivity contribution in [2.45, 2.75) is 44.3 Å². The van der Waals surface area contributed by atoms with Crippen LogP contribution in [0.3, 0.4) is 0 Å². The molecule has 1 fully saturated rings. The van der Waals surface area contributed by atoms with Crippen LogP contribution in [0, 0.1) is 11.7 Å². The first-order chi connectivity index (χ1) is 13.8. The second-order valence-corrected chi connectivity index (χ2v) is 9.34. The molecule has 2 aromatic rings. The molecule has 2 atom stereocenters. The first kappa shape index (κ1) is 20.2. The minimum Gasteiger partial charge on any atom is -0.477 e. The number of hydrogen-bond acceptors (Lipinski definition) is 5.